The van der Waals surface area contributed by atoms with Crippen LogP contribution in [0.1, 0.15) is 118 Å². The normalized spacial score (nSPS) is 11.1. The number of nitrogens with zero attached hydrogens (tertiary/aromatic N) is 5. The second kappa shape index (κ2) is 19.3. The van der Waals surface area contributed by atoms with Crippen LogP contribution in [0.15, 0.2) is 61.6 Å². The first-order valence-electron chi connectivity index (χ1n) is 15.6. The van der Waals surface area contributed by atoms with Gasteiger partial charge in [0.25, 0.3) is 0 Å². The predicted octanol–water partition coefficient (Wildman–Crippen LogP) is 9.92. The number of aromatic amines is 2. The minimum Gasteiger partial charge on any atom is -0.346 e. The molecule has 7 nitrogen and oxygen atoms in total. The molecule has 1 aliphatic carbocycles. The monoisotopic (exact) mass is 571 g/mol. The molecule has 0 unspecified atom stereocenters. The second-order valence-corrected chi connectivity index (χ2v) is 9.82. The van der Waals surface area contributed by atoms with Crippen LogP contribution in [0.4, 0.5) is 0 Å². The molecule has 2 N–H and O–H groups in total. The Bertz CT molecular complexity index is 1450. The third-order valence-corrected chi connectivity index (χ3v) is 6.22. The van der Waals surface area contributed by atoms with Crippen molar-refractivity contribution < 1.29 is 0 Å². The van der Waals surface area contributed by atoms with E-state index in [1.807, 2.05) is 72.3 Å². The number of aromatic nitrogens is 7. The molecule has 0 atom stereocenters. The molecule has 42 heavy (non-hydrogen) atoms. The molecule has 0 amide bonds. The first-order valence-corrected chi connectivity index (χ1v) is 15.6. The third-order valence-electron chi connectivity index (χ3n) is 6.22. The molecule has 0 radical (unpaired) electrons. The van der Waals surface area contributed by atoms with E-state index >= 15 is 0 Å². The number of nitrogens with one attached hydrogen (secondary N) is 2. The lowest BCUT2D eigenvalue weighted by Gasteiger charge is -2.06. The van der Waals surface area contributed by atoms with Crippen LogP contribution in [0, 0.1) is 5.92 Å². The molecule has 6 rings (SSSR count). The number of hydrogen-bond acceptors (Lipinski definition) is 5. The topological polar surface area (TPSA) is 96.0 Å². The van der Waals surface area contributed by atoms with Gasteiger partial charge < -0.3 is 9.97 Å². The summed E-state index contributed by atoms with van der Waals surface area (Å²) in [5.74, 6) is 1.57. The largest absolute Gasteiger partial charge is 0.346 e. The van der Waals surface area contributed by atoms with E-state index in [1.54, 1.807) is 18.7 Å². The highest BCUT2D eigenvalue weighted by atomic mass is 14.9. The Kier molecular flexibility index (Phi) is 16.6. The summed E-state index contributed by atoms with van der Waals surface area (Å²) in [6, 6.07) is 6.10. The Morgan fingerprint density at radius 2 is 1.31 bits per heavy atom. The van der Waals surface area contributed by atoms with Gasteiger partial charge >= 0.3 is 0 Å². The zero-order valence-corrected chi connectivity index (χ0v) is 27.9. The second-order valence-electron chi connectivity index (χ2n) is 9.82. The van der Waals surface area contributed by atoms with E-state index in [0.29, 0.717) is 17.8 Å². The number of rotatable bonds is 3. The van der Waals surface area contributed by atoms with Crippen LogP contribution >= 0.6 is 0 Å². The Balaban J connectivity index is 0.000000289. The van der Waals surface area contributed by atoms with E-state index in [4.69, 9.17) is 0 Å². The van der Waals surface area contributed by atoms with Crippen molar-refractivity contribution in [3.63, 3.8) is 0 Å². The Labute approximate surface area is 253 Å². The third kappa shape index (κ3) is 9.61. The molecule has 5 aromatic heterocycles. The summed E-state index contributed by atoms with van der Waals surface area (Å²) >= 11 is 0. The van der Waals surface area contributed by atoms with Gasteiger partial charge in [-0.3, -0.25) is 9.97 Å². The predicted molar refractivity (Wildman–Crippen MR) is 181 cm³/mol. The van der Waals surface area contributed by atoms with E-state index in [-0.39, 0.29) is 0 Å². The highest BCUT2D eigenvalue weighted by molar-refractivity contribution is 5.80. The fraction of sp³-hybridized carbons (Fsp3) is 0.457. The van der Waals surface area contributed by atoms with Crippen molar-refractivity contribution in [3.05, 3.63) is 84.2 Å². The van der Waals surface area contributed by atoms with Gasteiger partial charge in [0.05, 0.1) is 17.1 Å². The van der Waals surface area contributed by atoms with Crippen molar-refractivity contribution in [2.24, 2.45) is 5.92 Å². The van der Waals surface area contributed by atoms with E-state index in [2.05, 4.69) is 88.6 Å². The maximum absolute atomic E-state index is 4.33. The minimum atomic E-state index is 0.450. The fourth-order valence-corrected chi connectivity index (χ4v) is 4.38. The summed E-state index contributed by atoms with van der Waals surface area (Å²) in [5.41, 5.74) is 7.95. The van der Waals surface area contributed by atoms with Crippen molar-refractivity contribution in [3.8, 4) is 0 Å². The van der Waals surface area contributed by atoms with Crippen LogP contribution in [0.5, 0.6) is 0 Å². The maximum atomic E-state index is 4.33. The van der Waals surface area contributed by atoms with Crippen molar-refractivity contribution in [2.45, 2.75) is 101 Å². The number of H-pyrrole nitrogens is 2. The first kappa shape index (κ1) is 36.2. The van der Waals surface area contributed by atoms with Crippen LogP contribution in [-0.2, 0) is 6.42 Å². The molecular weight excluding hydrogens is 518 g/mol. The molecule has 1 aliphatic rings. The summed E-state index contributed by atoms with van der Waals surface area (Å²) < 4.78 is 0. The van der Waals surface area contributed by atoms with E-state index in [0.717, 1.165) is 40.2 Å². The number of pyridine rings is 1. The quantitative estimate of drug-likeness (QED) is 0.225. The molecule has 0 bridgehead atoms. The molecule has 5 aromatic rings. The lowest BCUT2D eigenvalue weighted by molar-refractivity contribution is 0.828. The Hall–Kier alpha value is -3.87. The zero-order valence-electron chi connectivity index (χ0n) is 27.9. The van der Waals surface area contributed by atoms with E-state index < -0.39 is 0 Å². The molecule has 0 saturated carbocycles. The lowest BCUT2D eigenvalue weighted by atomic mass is 10.0. The van der Waals surface area contributed by atoms with Crippen molar-refractivity contribution in [1.29, 1.82) is 0 Å². The van der Waals surface area contributed by atoms with Gasteiger partial charge in [-0.25, -0.2) is 15.0 Å². The average molecular weight is 572 g/mol. The number of hydrogen-bond donors (Lipinski definition) is 2. The lowest BCUT2D eigenvalue weighted by Crippen LogP contribution is -1.96. The maximum Gasteiger partial charge on any atom is 0.140 e. The average Bonchev–Trinajstić information content (AvgIpc) is 3.79. The smallest absolute Gasteiger partial charge is 0.140 e. The Morgan fingerprint density at radius 1 is 0.643 bits per heavy atom. The standard InChI is InChI=1S/2C10H12N2.C9H11N3.3C2H6/c1-7(2)8-3-4-9-10(8)12-6-5-11-9;1-7(2)9-6-12-10-8(9)4-3-5-11-10;1-6(2)8-7-3-4-10-9(7)12-5-11-8;3*1-2/h3,5-7H,4H2,1-2H3;3-7H,1-2H3,(H,11,12);3-6H,1-2H3,(H,10,11,12);3*1-2H3. The van der Waals surface area contributed by atoms with Gasteiger partial charge in [0, 0.05) is 48.2 Å². The van der Waals surface area contributed by atoms with Gasteiger partial charge in [-0.05, 0) is 47.1 Å². The molecule has 7 heteroatoms. The summed E-state index contributed by atoms with van der Waals surface area (Å²) in [7, 11) is 0. The van der Waals surface area contributed by atoms with Crippen LogP contribution in [-0.4, -0.2) is 34.9 Å². The summed E-state index contributed by atoms with van der Waals surface area (Å²) in [4.78, 5) is 27.4. The zero-order chi connectivity index (χ0) is 31.7. The summed E-state index contributed by atoms with van der Waals surface area (Å²) in [5, 5.41) is 2.38. The fourth-order valence-electron chi connectivity index (χ4n) is 4.38. The van der Waals surface area contributed by atoms with Gasteiger partial charge in [0.15, 0.2) is 0 Å². The number of allylic oxidation sites excluding steroid dienone is 2. The van der Waals surface area contributed by atoms with Gasteiger partial charge in [0.2, 0.25) is 0 Å². The number of fused-ring (bicyclic) bond motifs is 3. The Morgan fingerprint density at radius 3 is 1.95 bits per heavy atom. The SMILES string of the molecule is CC.CC.CC.CC(C)C1=CCc2nccnc21.CC(C)c1c[nH]c2ncccc12.CC(C)c1ncnc2[nH]ccc12. The van der Waals surface area contributed by atoms with Crippen molar-refractivity contribution in [2.75, 3.05) is 0 Å². The van der Waals surface area contributed by atoms with E-state index in [9.17, 15) is 0 Å². The highest BCUT2D eigenvalue weighted by Crippen LogP contribution is 2.29. The van der Waals surface area contributed by atoms with Crippen molar-refractivity contribution >= 4 is 27.6 Å². The first-order chi connectivity index (χ1) is 20.4. The van der Waals surface area contributed by atoms with Crippen LogP contribution in [0.2, 0.25) is 0 Å². The van der Waals surface area contributed by atoms with E-state index in [1.165, 1.54) is 16.5 Å². The molecule has 0 saturated heterocycles. The molecule has 0 fully saturated rings. The summed E-state index contributed by atoms with van der Waals surface area (Å²) in [6.07, 6.45) is 14.1. The molecular formula is C35H53N7. The molecule has 5 heterocycles. The van der Waals surface area contributed by atoms with Crippen LogP contribution in [0.25, 0.3) is 27.6 Å². The molecule has 228 valence electrons. The van der Waals surface area contributed by atoms with Gasteiger partial charge in [-0.15, -0.1) is 0 Å². The van der Waals surface area contributed by atoms with Crippen molar-refractivity contribution in [1.82, 2.24) is 34.9 Å². The van der Waals surface area contributed by atoms with Crippen LogP contribution in [0.3, 0.4) is 0 Å². The van der Waals surface area contributed by atoms with Crippen LogP contribution < -0.4 is 0 Å². The highest BCUT2D eigenvalue weighted by Gasteiger charge is 2.18. The minimum absolute atomic E-state index is 0.450. The van der Waals surface area contributed by atoms with Gasteiger partial charge in [-0.2, -0.15) is 0 Å². The molecule has 0 aromatic carbocycles. The molecule has 0 aliphatic heterocycles. The van der Waals surface area contributed by atoms with Gasteiger partial charge in [0.1, 0.15) is 17.6 Å². The molecule has 0 spiro atoms. The van der Waals surface area contributed by atoms with Gasteiger partial charge in [-0.1, -0.05) is 89.2 Å². The summed E-state index contributed by atoms with van der Waals surface area (Å²) in [6.45, 7) is 25.0.